The molecular formula is C23H27N3O4S. The van der Waals surface area contributed by atoms with E-state index in [2.05, 4.69) is 5.32 Å². The Balaban J connectivity index is 1.58. The Bertz CT molecular complexity index is 1220. The van der Waals surface area contributed by atoms with E-state index < -0.39 is 0 Å². The number of carbonyl (C=O) groups is 1. The quantitative estimate of drug-likeness (QED) is 0.636. The molecule has 1 saturated carbocycles. The summed E-state index contributed by atoms with van der Waals surface area (Å²) < 4.78 is 8.05. The van der Waals surface area contributed by atoms with Crippen LogP contribution in [0.4, 0.5) is 0 Å². The molecule has 1 amide bonds. The third-order valence-electron chi connectivity index (χ3n) is 5.99. The van der Waals surface area contributed by atoms with Crippen molar-refractivity contribution in [3.63, 3.8) is 0 Å². The van der Waals surface area contributed by atoms with Crippen LogP contribution in [0.1, 0.15) is 47.3 Å². The Morgan fingerprint density at radius 1 is 1.19 bits per heavy atom. The summed E-state index contributed by atoms with van der Waals surface area (Å²) in [4.78, 5) is 39.6. The highest BCUT2D eigenvalue weighted by atomic mass is 32.1. The van der Waals surface area contributed by atoms with Crippen molar-refractivity contribution in [1.29, 1.82) is 0 Å². The van der Waals surface area contributed by atoms with Gasteiger partial charge in [0.15, 0.2) is 0 Å². The van der Waals surface area contributed by atoms with E-state index >= 15 is 0 Å². The van der Waals surface area contributed by atoms with E-state index in [1.165, 1.54) is 26.9 Å². The fourth-order valence-electron chi connectivity index (χ4n) is 4.24. The maximum atomic E-state index is 13.1. The highest BCUT2D eigenvalue weighted by Gasteiger charge is 2.21. The van der Waals surface area contributed by atoms with Crippen LogP contribution in [0, 0.1) is 5.92 Å². The van der Waals surface area contributed by atoms with E-state index in [-0.39, 0.29) is 17.2 Å². The van der Waals surface area contributed by atoms with Gasteiger partial charge in [0.25, 0.3) is 11.5 Å². The van der Waals surface area contributed by atoms with E-state index in [9.17, 15) is 14.4 Å². The Hall–Kier alpha value is -2.87. The highest BCUT2D eigenvalue weighted by Crippen LogP contribution is 2.25. The average Bonchev–Trinajstić information content (AvgIpc) is 3.26. The largest absolute Gasteiger partial charge is 0.497 e. The summed E-state index contributed by atoms with van der Waals surface area (Å²) in [7, 11) is 3.26. The van der Waals surface area contributed by atoms with Crippen LogP contribution in [-0.4, -0.2) is 22.2 Å². The molecule has 0 saturated heterocycles. The fraction of sp³-hybridized carbons (Fsp3) is 0.435. The molecule has 2 heterocycles. The standard InChI is InChI=1S/C23H27N3O4S/c1-25-22-18(21(28)26(23(25)29)14-15-7-4-3-5-8-15)12-19(31-22)20(27)24-13-16-9-6-10-17(11-16)30-2/h6,9-12,15H,3-5,7-8,13-14H2,1-2H3,(H,24,27). The van der Waals surface area contributed by atoms with Crippen LogP contribution in [-0.2, 0) is 20.1 Å². The SMILES string of the molecule is COc1cccc(CNC(=O)c2cc3c(=O)n(CC4CCCCC4)c(=O)n(C)c3s2)c1. The molecule has 1 N–H and O–H groups in total. The monoisotopic (exact) mass is 441 g/mol. The van der Waals surface area contributed by atoms with Gasteiger partial charge in [-0.2, -0.15) is 0 Å². The third kappa shape index (κ3) is 4.44. The Morgan fingerprint density at radius 2 is 1.97 bits per heavy atom. The summed E-state index contributed by atoms with van der Waals surface area (Å²) in [6, 6.07) is 9.08. The number of hydrogen-bond donors (Lipinski definition) is 1. The molecule has 0 unspecified atom stereocenters. The van der Waals surface area contributed by atoms with Crippen LogP contribution in [0.3, 0.4) is 0 Å². The van der Waals surface area contributed by atoms with Crippen LogP contribution >= 0.6 is 11.3 Å². The van der Waals surface area contributed by atoms with Crippen LogP contribution < -0.4 is 21.3 Å². The highest BCUT2D eigenvalue weighted by molar-refractivity contribution is 7.20. The zero-order chi connectivity index (χ0) is 22.0. The number of aromatic nitrogens is 2. The summed E-state index contributed by atoms with van der Waals surface area (Å²) >= 11 is 1.17. The first-order valence-electron chi connectivity index (χ1n) is 10.6. The van der Waals surface area contributed by atoms with Crippen molar-refractivity contribution in [2.24, 2.45) is 13.0 Å². The number of thiophene rings is 1. The van der Waals surface area contributed by atoms with E-state index in [4.69, 9.17) is 4.74 Å². The van der Waals surface area contributed by atoms with Gasteiger partial charge in [-0.3, -0.25) is 18.7 Å². The number of amides is 1. The summed E-state index contributed by atoms with van der Waals surface area (Å²) in [6.45, 7) is 0.795. The number of benzene rings is 1. The first-order valence-corrected chi connectivity index (χ1v) is 11.4. The maximum absolute atomic E-state index is 13.1. The second-order valence-corrected chi connectivity index (χ2v) is 9.16. The molecule has 1 aliphatic rings. The van der Waals surface area contributed by atoms with Gasteiger partial charge >= 0.3 is 5.69 Å². The van der Waals surface area contributed by atoms with Crippen LogP contribution in [0.25, 0.3) is 10.2 Å². The van der Waals surface area contributed by atoms with E-state index in [0.717, 1.165) is 37.0 Å². The number of aryl methyl sites for hydroxylation is 1. The van der Waals surface area contributed by atoms with Gasteiger partial charge in [0, 0.05) is 20.1 Å². The van der Waals surface area contributed by atoms with Gasteiger partial charge < -0.3 is 10.1 Å². The predicted octanol–water partition coefficient (Wildman–Crippen LogP) is 3.28. The summed E-state index contributed by atoms with van der Waals surface area (Å²) in [5.74, 6) is 0.817. The molecule has 0 atom stereocenters. The van der Waals surface area contributed by atoms with Crippen molar-refractivity contribution in [1.82, 2.24) is 14.5 Å². The van der Waals surface area contributed by atoms with Crippen LogP contribution in [0.5, 0.6) is 5.75 Å². The number of fused-ring (bicyclic) bond motifs is 1. The minimum atomic E-state index is -0.312. The molecule has 0 spiro atoms. The van der Waals surface area contributed by atoms with Crippen LogP contribution in [0.2, 0.25) is 0 Å². The molecule has 1 fully saturated rings. The van der Waals surface area contributed by atoms with Crippen molar-refractivity contribution in [2.45, 2.75) is 45.2 Å². The molecule has 164 valence electrons. The summed E-state index contributed by atoms with van der Waals surface area (Å²) in [5.41, 5.74) is 0.302. The number of hydrogen-bond acceptors (Lipinski definition) is 5. The van der Waals surface area contributed by atoms with Gasteiger partial charge in [0.2, 0.25) is 0 Å². The molecule has 1 aliphatic carbocycles. The molecule has 8 heteroatoms. The van der Waals surface area contributed by atoms with Crippen molar-refractivity contribution in [2.75, 3.05) is 7.11 Å². The van der Waals surface area contributed by atoms with Gasteiger partial charge in [-0.05, 0) is 42.5 Å². The number of methoxy groups -OCH3 is 1. The number of rotatable bonds is 6. The average molecular weight is 442 g/mol. The van der Waals surface area contributed by atoms with Gasteiger partial charge in [0.1, 0.15) is 10.6 Å². The number of ether oxygens (including phenoxy) is 1. The van der Waals surface area contributed by atoms with Crippen molar-refractivity contribution < 1.29 is 9.53 Å². The summed E-state index contributed by atoms with van der Waals surface area (Å²) in [5, 5.41) is 3.31. The minimum Gasteiger partial charge on any atom is -0.497 e. The number of nitrogens with one attached hydrogen (secondary N) is 1. The van der Waals surface area contributed by atoms with Gasteiger partial charge in [-0.25, -0.2) is 4.79 Å². The minimum absolute atomic E-state index is 0.269. The van der Waals surface area contributed by atoms with Crippen LogP contribution in [0.15, 0.2) is 39.9 Å². The van der Waals surface area contributed by atoms with Crippen molar-refractivity contribution >= 4 is 27.5 Å². The zero-order valence-electron chi connectivity index (χ0n) is 17.8. The molecule has 0 radical (unpaired) electrons. The normalized spacial score (nSPS) is 14.6. The number of carbonyl (C=O) groups excluding carboxylic acids is 1. The van der Waals surface area contributed by atoms with E-state index in [0.29, 0.717) is 34.1 Å². The first kappa shape index (κ1) is 21.4. The molecule has 31 heavy (non-hydrogen) atoms. The lowest BCUT2D eigenvalue weighted by Gasteiger charge is -2.22. The first-order chi connectivity index (χ1) is 15.0. The third-order valence-corrected chi connectivity index (χ3v) is 7.20. The molecule has 0 aliphatic heterocycles. The molecule has 4 rings (SSSR count). The topological polar surface area (TPSA) is 82.3 Å². The predicted molar refractivity (Wildman–Crippen MR) is 122 cm³/mol. The molecule has 2 aromatic heterocycles. The second-order valence-electron chi connectivity index (χ2n) is 8.13. The van der Waals surface area contributed by atoms with Crippen molar-refractivity contribution in [3.8, 4) is 5.75 Å². The smallest absolute Gasteiger partial charge is 0.331 e. The maximum Gasteiger partial charge on any atom is 0.331 e. The lowest BCUT2D eigenvalue weighted by Crippen LogP contribution is -2.40. The lowest BCUT2D eigenvalue weighted by molar-refractivity contribution is 0.0955. The van der Waals surface area contributed by atoms with E-state index in [1.54, 1.807) is 20.2 Å². The number of nitrogens with zero attached hydrogens (tertiary/aromatic N) is 2. The molecule has 7 nitrogen and oxygen atoms in total. The van der Waals surface area contributed by atoms with Gasteiger partial charge in [-0.15, -0.1) is 11.3 Å². The lowest BCUT2D eigenvalue weighted by atomic mass is 9.89. The fourth-order valence-corrected chi connectivity index (χ4v) is 5.26. The van der Waals surface area contributed by atoms with Gasteiger partial charge in [-0.1, -0.05) is 31.4 Å². The van der Waals surface area contributed by atoms with Crippen molar-refractivity contribution in [3.05, 3.63) is 61.6 Å². The summed E-state index contributed by atoms with van der Waals surface area (Å²) in [6.07, 6.45) is 5.63. The Labute approximate surface area is 184 Å². The Kier molecular flexibility index (Phi) is 6.27. The Morgan fingerprint density at radius 3 is 2.71 bits per heavy atom. The van der Waals surface area contributed by atoms with E-state index in [1.807, 2.05) is 24.3 Å². The molecule has 0 bridgehead atoms. The zero-order valence-corrected chi connectivity index (χ0v) is 18.7. The molecule has 3 aromatic rings. The second kappa shape index (κ2) is 9.09. The molecular weight excluding hydrogens is 414 g/mol. The molecule has 1 aromatic carbocycles. The van der Waals surface area contributed by atoms with Gasteiger partial charge in [0.05, 0.1) is 17.4 Å².